The van der Waals surface area contributed by atoms with Crippen LogP contribution in [0.15, 0.2) is 54.6 Å². The summed E-state index contributed by atoms with van der Waals surface area (Å²) in [6, 6.07) is 17.8. The minimum atomic E-state index is -0.505. The van der Waals surface area contributed by atoms with Crippen molar-refractivity contribution in [3.63, 3.8) is 0 Å². The summed E-state index contributed by atoms with van der Waals surface area (Å²) in [6.07, 6.45) is 0.173. The Morgan fingerprint density at radius 3 is 2.40 bits per heavy atom. The summed E-state index contributed by atoms with van der Waals surface area (Å²) >= 11 is 0. The normalized spacial score (nSPS) is 12.6. The number of nitrogen functional groups attached to an aromatic ring is 1. The van der Waals surface area contributed by atoms with Crippen molar-refractivity contribution in [1.29, 1.82) is 0 Å². The maximum Gasteiger partial charge on any atom is 0.0822 e. The highest BCUT2D eigenvalue weighted by Crippen LogP contribution is 2.22. The fourth-order valence-electron chi connectivity index (χ4n) is 2.29. The van der Waals surface area contributed by atoms with E-state index in [1.807, 2.05) is 42.5 Å². The lowest BCUT2D eigenvalue weighted by Crippen LogP contribution is -2.21. The van der Waals surface area contributed by atoms with E-state index in [1.165, 1.54) is 5.56 Å². The van der Waals surface area contributed by atoms with Gasteiger partial charge in [0.15, 0.2) is 0 Å². The summed E-state index contributed by atoms with van der Waals surface area (Å²) in [5, 5.41) is 10.2. The van der Waals surface area contributed by atoms with Crippen molar-refractivity contribution in [1.82, 2.24) is 4.90 Å². The lowest BCUT2D eigenvalue weighted by atomic mass is 10.0. The van der Waals surface area contributed by atoms with Crippen molar-refractivity contribution in [3.8, 4) is 0 Å². The number of hydrogen-bond donors (Lipinski definition) is 2. The number of benzene rings is 2. The summed E-state index contributed by atoms with van der Waals surface area (Å²) in [7, 11) is 2.06. The lowest BCUT2D eigenvalue weighted by molar-refractivity contribution is 0.148. The van der Waals surface area contributed by atoms with Gasteiger partial charge in [0.25, 0.3) is 0 Å². The molecule has 0 bridgehead atoms. The van der Waals surface area contributed by atoms with E-state index in [1.54, 1.807) is 0 Å². The number of nitrogens with zero attached hydrogens (tertiary/aromatic N) is 1. The van der Waals surface area contributed by atoms with Gasteiger partial charge in [0.2, 0.25) is 0 Å². The van der Waals surface area contributed by atoms with Crippen molar-refractivity contribution in [2.45, 2.75) is 19.1 Å². The first-order valence-corrected chi connectivity index (χ1v) is 6.92. The largest absolute Gasteiger partial charge is 0.398 e. The van der Waals surface area contributed by atoms with Gasteiger partial charge in [-0.1, -0.05) is 48.5 Å². The Labute approximate surface area is 120 Å². The van der Waals surface area contributed by atoms with Gasteiger partial charge in [0.05, 0.1) is 6.10 Å². The van der Waals surface area contributed by atoms with E-state index >= 15 is 0 Å². The number of para-hydroxylation sites is 1. The molecule has 3 nitrogen and oxygen atoms in total. The van der Waals surface area contributed by atoms with Crippen LogP contribution in [-0.2, 0) is 6.54 Å². The summed E-state index contributed by atoms with van der Waals surface area (Å²) in [6.45, 7) is 1.71. The Hall–Kier alpha value is -1.84. The minimum Gasteiger partial charge on any atom is -0.398 e. The number of rotatable bonds is 6. The van der Waals surface area contributed by atoms with Crippen molar-refractivity contribution in [2.75, 3.05) is 19.3 Å². The second-order valence-corrected chi connectivity index (χ2v) is 5.16. The zero-order valence-electron chi connectivity index (χ0n) is 11.9. The third-order valence-electron chi connectivity index (χ3n) is 3.43. The quantitative estimate of drug-likeness (QED) is 0.794. The van der Waals surface area contributed by atoms with Gasteiger partial charge in [-0.05, 0) is 25.1 Å². The van der Waals surface area contributed by atoms with E-state index in [2.05, 4.69) is 24.1 Å². The molecule has 2 aromatic rings. The molecule has 1 atom stereocenters. The van der Waals surface area contributed by atoms with Crippen LogP contribution >= 0.6 is 0 Å². The number of hydrogen-bond acceptors (Lipinski definition) is 3. The molecule has 1 unspecified atom stereocenters. The van der Waals surface area contributed by atoms with Crippen LogP contribution in [0.2, 0.25) is 0 Å². The molecule has 0 spiro atoms. The molecule has 20 heavy (non-hydrogen) atoms. The van der Waals surface area contributed by atoms with Gasteiger partial charge in [0.1, 0.15) is 0 Å². The molecule has 0 saturated heterocycles. The van der Waals surface area contributed by atoms with Gasteiger partial charge in [-0.2, -0.15) is 0 Å². The van der Waals surface area contributed by atoms with Gasteiger partial charge in [-0.25, -0.2) is 0 Å². The van der Waals surface area contributed by atoms with Crippen LogP contribution in [-0.4, -0.2) is 23.6 Å². The molecule has 0 saturated carbocycles. The molecule has 3 N–H and O–H groups in total. The standard InChI is InChI=1S/C17H22N2O/c1-19(13-14-7-3-2-4-8-14)12-11-17(20)15-9-5-6-10-16(15)18/h2-10,17,20H,11-13,18H2,1H3. The third-order valence-corrected chi connectivity index (χ3v) is 3.43. The Morgan fingerprint density at radius 1 is 1.05 bits per heavy atom. The summed E-state index contributed by atoms with van der Waals surface area (Å²) < 4.78 is 0. The summed E-state index contributed by atoms with van der Waals surface area (Å²) in [4.78, 5) is 2.21. The number of anilines is 1. The van der Waals surface area contributed by atoms with Crippen LogP contribution in [0.5, 0.6) is 0 Å². The zero-order chi connectivity index (χ0) is 14.4. The van der Waals surface area contributed by atoms with E-state index in [4.69, 9.17) is 5.73 Å². The van der Waals surface area contributed by atoms with Crippen LogP contribution in [0.4, 0.5) is 5.69 Å². The highest BCUT2D eigenvalue weighted by atomic mass is 16.3. The van der Waals surface area contributed by atoms with Crippen LogP contribution in [0.3, 0.4) is 0 Å². The molecular formula is C17H22N2O. The fraction of sp³-hybridized carbons (Fsp3) is 0.294. The van der Waals surface area contributed by atoms with Gasteiger partial charge in [0, 0.05) is 24.3 Å². The van der Waals surface area contributed by atoms with Crippen molar-refractivity contribution < 1.29 is 5.11 Å². The molecule has 0 aliphatic rings. The number of aliphatic hydroxyl groups excluding tert-OH is 1. The minimum absolute atomic E-state index is 0.505. The van der Waals surface area contributed by atoms with Crippen LogP contribution in [0, 0.1) is 0 Å². The van der Waals surface area contributed by atoms with E-state index in [-0.39, 0.29) is 0 Å². The van der Waals surface area contributed by atoms with E-state index in [0.717, 1.165) is 18.7 Å². The highest BCUT2D eigenvalue weighted by molar-refractivity contribution is 5.47. The topological polar surface area (TPSA) is 49.5 Å². The molecule has 2 aromatic carbocycles. The van der Waals surface area contributed by atoms with Crippen molar-refractivity contribution >= 4 is 5.69 Å². The Bertz CT molecular complexity index is 528. The number of aliphatic hydroxyl groups is 1. The van der Waals surface area contributed by atoms with Gasteiger partial charge < -0.3 is 15.7 Å². The van der Waals surface area contributed by atoms with Gasteiger partial charge in [-0.15, -0.1) is 0 Å². The highest BCUT2D eigenvalue weighted by Gasteiger charge is 2.11. The van der Waals surface area contributed by atoms with Crippen LogP contribution < -0.4 is 5.73 Å². The van der Waals surface area contributed by atoms with E-state index in [9.17, 15) is 5.11 Å². The van der Waals surface area contributed by atoms with E-state index in [0.29, 0.717) is 12.1 Å². The first-order valence-electron chi connectivity index (χ1n) is 6.92. The van der Waals surface area contributed by atoms with Gasteiger partial charge >= 0.3 is 0 Å². The molecule has 0 aromatic heterocycles. The first-order chi connectivity index (χ1) is 9.66. The zero-order valence-corrected chi connectivity index (χ0v) is 11.9. The molecule has 2 rings (SSSR count). The number of nitrogens with two attached hydrogens (primary N) is 1. The average Bonchev–Trinajstić information content (AvgIpc) is 2.46. The van der Waals surface area contributed by atoms with Crippen LogP contribution in [0.1, 0.15) is 23.7 Å². The van der Waals surface area contributed by atoms with Gasteiger partial charge in [-0.3, -0.25) is 0 Å². The van der Waals surface area contributed by atoms with E-state index < -0.39 is 6.10 Å². The molecule has 0 fully saturated rings. The summed E-state index contributed by atoms with van der Waals surface area (Å²) in [5.74, 6) is 0. The van der Waals surface area contributed by atoms with Crippen molar-refractivity contribution in [2.24, 2.45) is 0 Å². The first kappa shape index (κ1) is 14.6. The second-order valence-electron chi connectivity index (χ2n) is 5.16. The monoisotopic (exact) mass is 270 g/mol. The Balaban J connectivity index is 1.84. The summed E-state index contributed by atoms with van der Waals surface area (Å²) in [5.41, 5.74) is 8.64. The fourth-order valence-corrected chi connectivity index (χ4v) is 2.29. The van der Waals surface area contributed by atoms with Crippen LogP contribution in [0.25, 0.3) is 0 Å². The molecule has 0 aliphatic heterocycles. The molecule has 106 valence electrons. The lowest BCUT2D eigenvalue weighted by Gasteiger charge is -2.19. The molecule has 0 radical (unpaired) electrons. The van der Waals surface area contributed by atoms with Crippen molar-refractivity contribution in [3.05, 3.63) is 65.7 Å². The maximum absolute atomic E-state index is 10.2. The second kappa shape index (κ2) is 7.08. The molecule has 0 heterocycles. The molecular weight excluding hydrogens is 248 g/mol. The predicted molar refractivity (Wildman–Crippen MR) is 83.2 cm³/mol. The molecule has 3 heteroatoms. The SMILES string of the molecule is CN(CCC(O)c1ccccc1N)Cc1ccccc1. The smallest absolute Gasteiger partial charge is 0.0822 e. The molecule has 0 aliphatic carbocycles. The third kappa shape index (κ3) is 4.08. The molecule has 0 amide bonds. The average molecular weight is 270 g/mol. The predicted octanol–water partition coefficient (Wildman–Crippen LogP) is 2.82. The Kier molecular flexibility index (Phi) is 5.16. The Morgan fingerprint density at radius 2 is 1.70 bits per heavy atom. The maximum atomic E-state index is 10.2.